The fourth-order valence-electron chi connectivity index (χ4n) is 1.91. The second-order valence-electron chi connectivity index (χ2n) is 5.29. The lowest BCUT2D eigenvalue weighted by molar-refractivity contribution is 0.466. The molecule has 2 aromatic rings. The van der Waals surface area contributed by atoms with E-state index in [2.05, 4.69) is 42.5 Å². The molecule has 0 atom stereocenters. The lowest BCUT2D eigenvalue weighted by Crippen LogP contribution is -2.19. The zero-order valence-electron chi connectivity index (χ0n) is 12.8. The van der Waals surface area contributed by atoms with Gasteiger partial charge in [-0.1, -0.05) is 13.8 Å². The zero-order valence-corrected chi connectivity index (χ0v) is 13.6. The number of thioether (sulfide) groups is 1. The Balaban J connectivity index is 2.04. The van der Waals surface area contributed by atoms with Crippen molar-refractivity contribution in [3.8, 4) is 11.5 Å². The van der Waals surface area contributed by atoms with Gasteiger partial charge in [0.05, 0.1) is 6.20 Å². The van der Waals surface area contributed by atoms with E-state index in [9.17, 15) is 0 Å². The van der Waals surface area contributed by atoms with Gasteiger partial charge in [0.15, 0.2) is 0 Å². The molecule has 1 N–H and O–H groups in total. The Hall–Kier alpha value is -1.52. The molecule has 3 nitrogen and oxygen atoms in total. The number of nitrogens with one attached hydrogen (secondary N) is 1. The minimum atomic E-state index is 0.635. The molecule has 2 rings (SSSR count). The summed E-state index contributed by atoms with van der Waals surface area (Å²) in [5.41, 5.74) is 1.12. The number of benzene rings is 1. The molecule has 1 heterocycles. The van der Waals surface area contributed by atoms with Gasteiger partial charge in [0, 0.05) is 23.2 Å². The summed E-state index contributed by atoms with van der Waals surface area (Å²) < 4.78 is 5.95. The maximum Gasteiger partial charge on any atom is 0.150 e. The number of hydrogen-bond acceptors (Lipinski definition) is 4. The summed E-state index contributed by atoms with van der Waals surface area (Å²) in [4.78, 5) is 5.39. The van der Waals surface area contributed by atoms with Crippen LogP contribution in [0, 0.1) is 5.92 Å². The molecule has 21 heavy (non-hydrogen) atoms. The molecular formula is C17H22N2OS. The van der Waals surface area contributed by atoms with Gasteiger partial charge in [-0.25, -0.2) is 0 Å². The summed E-state index contributed by atoms with van der Waals surface area (Å²) >= 11 is 1.72. The van der Waals surface area contributed by atoms with Gasteiger partial charge in [0.2, 0.25) is 0 Å². The molecule has 0 fully saturated rings. The minimum Gasteiger partial charge on any atom is -0.455 e. The van der Waals surface area contributed by atoms with E-state index in [0.29, 0.717) is 5.92 Å². The molecule has 1 aromatic heterocycles. The first-order valence-corrected chi connectivity index (χ1v) is 8.37. The molecule has 112 valence electrons. The predicted molar refractivity (Wildman–Crippen MR) is 89.1 cm³/mol. The van der Waals surface area contributed by atoms with Crippen molar-refractivity contribution < 1.29 is 4.74 Å². The number of aromatic nitrogens is 1. The van der Waals surface area contributed by atoms with E-state index in [1.807, 2.05) is 18.2 Å². The summed E-state index contributed by atoms with van der Waals surface area (Å²) in [6.07, 6.45) is 5.64. The highest BCUT2D eigenvalue weighted by Gasteiger charge is 2.05. The van der Waals surface area contributed by atoms with Gasteiger partial charge in [0.1, 0.15) is 11.5 Å². The summed E-state index contributed by atoms with van der Waals surface area (Å²) in [6.45, 7) is 6.18. The maximum absolute atomic E-state index is 5.95. The molecule has 0 spiro atoms. The Labute approximate surface area is 131 Å². The summed E-state index contributed by atoms with van der Waals surface area (Å²) in [5.74, 6) is 2.28. The number of rotatable bonds is 7. The Morgan fingerprint density at radius 2 is 1.95 bits per heavy atom. The first-order chi connectivity index (χ1) is 10.2. The van der Waals surface area contributed by atoms with Crippen molar-refractivity contribution in [3.05, 3.63) is 48.3 Å². The van der Waals surface area contributed by atoms with Gasteiger partial charge in [-0.2, -0.15) is 0 Å². The third-order valence-electron chi connectivity index (χ3n) is 3.03. The average Bonchev–Trinajstić information content (AvgIpc) is 2.49. The van der Waals surface area contributed by atoms with Crippen LogP contribution in [-0.2, 0) is 6.54 Å². The van der Waals surface area contributed by atoms with E-state index in [0.717, 1.165) is 30.2 Å². The van der Waals surface area contributed by atoms with Crippen LogP contribution in [0.25, 0.3) is 0 Å². The average molecular weight is 302 g/mol. The summed E-state index contributed by atoms with van der Waals surface area (Å²) in [7, 11) is 0. The SMILES string of the molecule is CSc1ccc(Oc2cnccc2CNCC(C)C)cc1. The fraction of sp³-hybridized carbons (Fsp3) is 0.353. The molecule has 0 unspecified atom stereocenters. The van der Waals surface area contributed by atoms with Crippen LogP contribution in [-0.4, -0.2) is 17.8 Å². The number of nitrogens with zero attached hydrogens (tertiary/aromatic N) is 1. The molecular weight excluding hydrogens is 280 g/mol. The Morgan fingerprint density at radius 1 is 1.19 bits per heavy atom. The third kappa shape index (κ3) is 5.06. The van der Waals surface area contributed by atoms with Crippen LogP contribution < -0.4 is 10.1 Å². The standard InChI is InChI=1S/C17H22N2OS/c1-13(2)10-19-11-14-8-9-18-12-17(14)20-15-4-6-16(21-3)7-5-15/h4-9,12-13,19H,10-11H2,1-3H3. The Kier molecular flexibility index (Phi) is 6.08. The van der Waals surface area contributed by atoms with E-state index in [1.165, 1.54) is 4.90 Å². The molecule has 0 aliphatic rings. The first kappa shape index (κ1) is 15.9. The second-order valence-corrected chi connectivity index (χ2v) is 6.17. The molecule has 0 bridgehead atoms. The van der Waals surface area contributed by atoms with E-state index >= 15 is 0 Å². The van der Waals surface area contributed by atoms with E-state index in [-0.39, 0.29) is 0 Å². The van der Waals surface area contributed by atoms with Crippen molar-refractivity contribution >= 4 is 11.8 Å². The fourth-order valence-corrected chi connectivity index (χ4v) is 2.32. The molecule has 1 aromatic carbocycles. The van der Waals surface area contributed by atoms with Gasteiger partial charge in [-0.15, -0.1) is 11.8 Å². The minimum absolute atomic E-state index is 0.635. The summed E-state index contributed by atoms with van der Waals surface area (Å²) in [5, 5.41) is 3.43. The largest absolute Gasteiger partial charge is 0.455 e. The Bertz CT molecular complexity index is 555. The van der Waals surface area contributed by atoms with Crippen LogP contribution in [0.15, 0.2) is 47.6 Å². The maximum atomic E-state index is 5.95. The van der Waals surface area contributed by atoms with Crippen LogP contribution in [0.2, 0.25) is 0 Å². The summed E-state index contributed by atoms with van der Waals surface area (Å²) in [6, 6.07) is 10.1. The normalized spacial score (nSPS) is 10.9. The van der Waals surface area contributed by atoms with Crippen LogP contribution >= 0.6 is 11.8 Å². The van der Waals surface area contributed by atoms with Gasteiger partial charge in [0.25, 0.3) is 0 Å². The predicted octanol–water partition coefficient (Wildman–Crippen LogP) is 4.34. The highest BCUT2D eigenvalue weighted by Crippen LogP contribution is 2.26. The number of ether oxygens (including phenoxy) is 1. The molecule has 0 saturated carbocycles. The lowest BCUT2D eigenvalue weighted by atomic mass is 10.2. The highest BCUT2D eigenvalue weighted by atomic mass is 32.2. The van der Waals surface area contributed by atoms with Gasteiger partial charge < -0.3 is 10.1 Å². The van der Waals surface area contributed by atoms with E-state index in [1.54, 1.807) is 24.2 Å². The van der Waals surface area contributed by atoms with Gasteiger partial charge >= 0.3 is 0 Å². The molecule has 4 heteroatoms. The third-order valence-corrected chi connectivity index (χ3v) is 3.77. The second kappa shape index (κ2) is 8.05. The molecule has 0 aliphatic carbocycles. The van der Waals surface area contributed by atoms with Crippen LogP contribution in [0.5, 0.6) is 11.5 Å². The quantitative estimate of drug-likeness (QED) is 0.771. The zero-order chi connectivity index (χ0) is 15.1. The highest BCUT2D eigenvalue weighted by molar-refractivity contribution is 7.98. The van der Waals surface area contributed by atoms with Crippen molar-refractivity contribution in [2.45, 2.75) is 25.3 Å². The molecule has 0 aliphatic heterocycles. The lowest BCUT2D eigenvalue weighted by Gasteiger charge is -2.12. The van der Waals surface area contributed by atoms with Crippen molar-refractivity contribution in [2.24, 2.45) is 5.92 Å². The van der Waals surface area contributed by atoms with Crippen molar-refractivity contribution in [1.29, 1.82) is 0 Å². The smallest absolute Gasteiger partial charge is 0.150 e. The van der Waals surface area contributed by atoms with E-state index < -0.39 is 0 Å². The van der Waals surface area contributed by atoms with Crippen molar-refractivity contribution in [2.75, 3.05) is 12.8 Å². The van der Waals surface area contributed by atoms with Crippen molar-refractivity contribution in [1.82, 2.24) is 10.3 Å². The van der Waals surface area contributed by atoms with Crippen LogP contribution in [0.1, 0.15) is 19.4 Å². The first-order valence-electron chi connectivity index (χ1n) is 7.14. The van der Waals surface area contributed by atoms with Gasteiger partial charge in [-0.05, 0) is 49.1 Å². The monoisotopic (exact) mass is 302 g/mol. The van der Waals surface area contributed by atoms with Crippen LogP contribution in [0.3, 0.4) is 0 Å². The Morgan fingerprint density at radius 3 is 2.62 bits per heavy atom. The topological polar surface area (TPSA) is 34.1 Å². The van der Waals surface area contributed by atoms with Crippen molar-refractivity contribution in [3.63, 3.8) is 0 Å². The number of pyridine rings is 1. The molecule has 0 radical (unpaired) electrons. The van der Waals surface area contributed by atoms with Crippen LogP contribution in [0.4, 0.5) is 0 Å². The van der Waals surface area contributed by atoms with Gasteiger partial charge in [-0.3, -0.25) is 4.98 Å². The van der Waals surface area contributed by atoms with E-state index in [4.69, 9.17) is 4.74 Å². The molecule has 0 amide bonds. The number of hydrogen-bond donors (Lipinski definition) is 1. The molecule has 0 saturated heterocycles.